The summed E-state index contributed by atoms with van der Waals surface area (Å²) in [7, 11) is 2.72. The van der Waals surface area contributed by atoms with E-state index in [1.165, 1.54) is 44.8 Å². The molecule has 0 aliphatic rings. The molecule has 0 aliphatic heterocycles. The second-order valence-electron chi connectivity index (χ2n) is 5.08. The maximum absolute atomic E-state index is 12.7. The van der Waals surface area contributed by atoms with Crippen LogP contribution in [-0.2, 0) is 0 Å². The highest BCUT2D eigenvalue weighted by molar-refractivity contribution is 7.16. The summed E-state index contributed by atoms with van der Waals surface area (Å²) in [5.41, 5.74) is 0.178. The number of fused-ring (bicyclic) bond motifs is 1. The number of hydrogen-bond acceptors (Lipinski definition) is 8. The molecule has 1 aromatic carbocycles. The molecule has 0 saturated heterocycles. The Morgan fingerprint density at radius 3 is 2.62 bits per heavy atom. The molecule has 26 heavy (non-hydrogen) atoms. The average Bonchev–Trinajstić information content (AvgIpc) is 3.28. The molecule has 0 aliphatic carbocycles. The zero-order valence-electron chi connectivity index (χ0n) is 13.7. The number of allylic oxidation sites excluding steroid dienone is 1. The molecule has 0 fully saturated rings. The van der Waals surface area contributed by atoms with Gasteiger partial charge in [0.2, 0.25) is 5.75 Å². The number of ether oxygens (including phenoxy) is 2. The van der Waals surface area contributed by atoms with Gasteiger partial charge in [-0.1, -0.05) is 11.3 Å². The van der Waals surface area contributed by atoms with Crippen LogP contribution in [0.25, 0.3) is 17.0 Å². The maximum atomic E-state index is 12.7. The quantitative estimate of drug-likeness (QED) is 0.300. The van der Waals surface area contributed by atoms with Crippen molar-refractivity contribution in [2.24, 2.45) is 0 Å². The van der Waals surface area contributed by atoms with E-state index in [4.69, 9.17) is 13.9 Å². The molecule has 9 heteroatoms. The van der Waals surface area contributed by atoms with Crippen LogP contribution in [0.15, 0.2) is 35.0 Å². The highest BCUT2D eigenvalue weighted by Crippen LogP contribution is 2.45. The predicted octanol–water partition coefficient (Wildman–Crippen LogP) is 4.02. The minimum Gasteiger partial charge on any atom is -0.504 e. The lowest BCUT2D eigenvalue weighted by Crippen LogP contribution is -2.02. The standard InChI is InChI=1S/C17H13NO7S/c1-23-15-10-7-8-25-16(10)17(24-2)14(20)13(15)11(19)5-3-9-4-6-12(26-9)18(21)22/h3-8,20H,1-2H3. The summed E-state index contributed by atoms with van der Waals surface area (Å²) in [4.78, 5) is 23.4. The normalized spacial score (nSPS) is 11.2. The first-order valence-corrected chi connectivity index (χ1v) is 8.10. The van der Waals surface area contributed by atoms with Crippen LogP contribution >= 0.6 is 11.3 Å². The summed E-state index contributed by atoms with van der Waals surface area (Å²) in [6.07, 6.45) is 4.04. The molecule has 8 nitrogen and oxygen atoms in total. The number of furan rings is 1. The van der Waals surface area contributed by atoms with Crippen LogP contribution in [0, 0.1) is 10.1 Å². The van der Waals surface area contributed by atoms with Crippen LogP contribution in [0.5, 0.6) is 17.2 Å². The van der Waals surface area contributed by atoms with Crippen LogP contribution in [0.4, 0.5) is 5.00 Å². The number of phenolic OH excluding ortho intramolecular Hbond substituents is 1. The lowest BCUT2D eigenvalue weighted by molar-refractivity contribution is -0.380. The zero-order valence-corrected chi connectivity index (χ0v) is 14.5. The van der Waals surface area contributed by atoms with Gasteiger partial charge in [0.1, 0.15) is 11.3 Å². The minimum absolute atomic E-state index is 0.0225. The maximum Gasteiger partial charge on any atom is 0.324 e. The smallest absolute Gasteiger partial charge is 0.324 e. The third-order valence-corrected chi connectivity index (χ3v) is 4.64. The largest absolute Gasteiger partial charge is 0.504 e. The SMILES string of the molecule is COc1c(C(=O)C=Cc2ccc([N+](=O)[O-])s2)c(O)c(OC)c2occc12. The third kappa shape index (κ3) is 2.88. The van der Waals surface area contributed by atoms with Gasteiger partial charge in [-0.3, -0.25) is 14.9 Å². The van der Waals surface area contributed by atoms with Gasteiger partial charge in [-0.25, -0.2) is 0 Å². The van der Waals surface area contributed by atoms with Crippen molar-refractivity contribution in [3.05, 3.63) is 51.1 Å². The van der Waals surface area contributed by atoms with Crippen LogP contribution in [0.1, 0.15) is 15.2 Å². The molecular weight excluding hydrogens is 362 g/mol. The summed E-state index contributed by atoms with van der Waals surface area (Å²) in [5, 5.41) is 21.6. The van der Waals surface area contributed by atoms with Crippen molar-refractivity contribution >= 4 is 39.2 Å². The van der Waals surface area contributed by atoms with E-state index in [1.807, 2.05) is 0 Å². The number of methoxy groups -OCH3 is 2. The van der Waals surface area contributed by atoms with E-state index < -0.39 is 16.5 Å². The molecule has 1 N–H and O–H groups in total. The second-order valence-corrected chi connectivity index (χ2v) is 6.18. The van der Waals surface area contributed by atoms with Crippen molar-refractivity contribution in [1.29, 1.82) is 0 Å². The van der Waals surface area contributed by atoms with E-state index >= 15 is 0 Å². The number of ketones is 1. The Morgan fingerprint density at radius 2 is 2.00 bits per heavy atom. The molecule has 0 spiro atoms. The molecule has 0 unspecified atom stereocenters. The molecule has 0 bridgehead atoms. The first kappa shape index (κ1) is 17.5. The van der Waals surface area contributed by atoms with Crippen molar-refractivity contribution in [3.8, 4) is 17.2 Å². The van der Waals surface area contributed by atoms with Gasteiger partial charge in [0.15, 0.2) is 17.1 Å². The van der Waals surface area contributed by atoms with Gasteiger partial charge in [0, 0.05) is 10.9 Å². The molecule has 2 aromatic heterocycles. The van der Waals surface area contributed by atoms with E-state index in [0.29, 0.717) is 10.3 Å². The Bertz CT molecular complexity index is 1030. The lowest BCUT2D eigenvalue weighted by atomic mass is 10.0. The number of nitrogens with zero attached hydrogens (tertiary/aromatic N) is 1. The highest BCUT2D eigenvalue weighted by atomic mass is 32.1. The van der Waals surface area contributed by atoms with Crippen LogP contribution in [0.3, 0.4) is 0 Å². The van der Waals surface area contributed by atoms with Gasteiger partial charge in [-0.05, 0) is 24.3 Å². The van der Waals surface area contributed by atoms with Crippen molar-refractivity contribution in [2.75, 3.05) is 14.2 Å². The first-order valence-electron chi connectivity index (χ1n) is 7.28. The Kier molecular flexibility index (Phi) is 4.63. The molecule has 134 valence electrons. The molecule has 2 heterocycles. The summed E-state index contributed by atoms with van der Waals surface area (Å²) in [6.45, 7) is 0. The summed E-state index contributed by atoms with van der Waals surface area (Å²) in [5.74, 6) is -0.774. The van der Waals surface area contributed by atoms with Gasteiger partial charge < -0.3 is 19.0 Å². The molecule has 0 atom stereocenters. The van der Waals surface area contributed by atoms with E-state index in [9.17, 15) is 20.0 Å². The number of carbonyl (C=O) groups is 1. The zero-order chi connectivity index (χ0) is 18.8. The number of nitro groups is 1. The average molecular weight is 375 g/mol. The minimum atomic E-state index is -0.545. The fraction of sp³-hybridized carbons (Fsp3) is 0.118. The van der Waals surface area contributed by atoms with Crippen LogP contribution in [0.2, 0.25) is 0 Å². The number of carbonyl (C=O) groups excluding carboxylic acids is 1. The molecule has 0 amide bonds. The lowest BCUT2D eigenvalue weighted by Gasteiger charge is -2.12. The van der Waals surface area contributed by atoms with E-state index in [2.05, 4.69) is 0 Å². The third-order valence-electron chi connectivity index (χ3n) is 3.64. The fourth-order valence-corrected chi connectivity index (χ4v) is 3.25. The number of rotatable bonds is 6. The van der Waals surface area contributed by atoms with Crippen molar-refractivity contribution in [3.63, 3.8) is 0 Å². The predicted molar refractivity (Wildman–Crippen MR) is 95.3 cm³/mol. The second kappa shape index (κ2) is 6.89. The topological polar surface area (TPSA) is 112 Å². The first-order chi connectivity index (χ1) is 12.5. The van der Waals surface area contributed by atoms with Gasteiger partial charge in [0.05, 0.1) is 30.8 Å². The number of hydrogen-bond donors (Lipinski definition) is 1. The van der Waals surface area contributed by atoms with E-state index in [1.54, 1.807) is 6.07 Å². The molecule has 3 rings (SSSR count). The summed E-state index contributed by atoms with van der Waals surface area (Å²) in [6, 6.07) is 4.48. The highest BCUT2D eigenvalue weighted by Gasteiger charge is 2.26. The Labute approximate surface area is 151 Å². The Morgan fingerprint density at radius 1 is 1.27 bits per heavy atom. The monoisotopic (exact) mass is 375 g/mol. The van der Waals surface area contributed by atoms with Crippen LogP contribution < -0.4 is 9.47 Å². The number of thiophene rings is 1. The van der Waals surface area contributed by atoms with Gasteiger partial charge in [0.25, 0.3) is 0 Å². The molecule has 3 aromatic rings. The Balaban J connectivity index is 2.05. The van der Waals surface area contributed by atoms with E-state index in [-0.39, 0.29) is 27.6 Å². The van der Waals surface area contributed by atoms with Gasteiger partial charge in [-0.15, -0.1) is 0 Å². The molecule has 0 saturated carbocycles. The van der Waals surface area contributed by atoms with Gasteiger partial charge in [-0.2, -0.15) is 0 Å². The van der Waals surface area contributed by atoms with E-state index in [0.717, 1.165) is 11.3 Å². The number of phenols is 1. The van der Waals surface area contributed by atoms with Crippen molar-refractivity contribution in [2.45, 2.75) is 0 Å². The molecule has 0 radical (unpaired) electrons. The summed E-state index contributed by atoms with van der Waals surface area (Å²) >= 11 is 0.932. The van der Waals surface area contributed by atoms with Gasteiger partial charge >= 0.3 is 5.00 Å². The Hall–Kier alpha value is -3.33. The van der Waals surface area contributed by atoms with Crippen molar-refractivity contribution in [1.82, 2.24) is 0 Å². The van der Waals surface area contributed by atoms with Crippen molar-refractivity contribution < 1.29 is 28.7 Å². The summed E-state index contributed by atoms with van der Waals surface area (Å²) < 4.78 is 15.7. The number of benzene rings is 1. The fourth-order valence-electron chi connectivity index (χ4n) is 2.53. The van der Waals surface area contributed by atoms with Crippen LogP contribution in [-0.4, -0.2) is 30.0 Å². The molecular formula is C17H13NO7S. The number of aromatic hydroxyl groups is 1.